The van der Waals surface area contributed by atoms with E-state index in [-0.39, 0.29) is 34.4 Å². The van der Waals surface area contributed by atoms with Crippen LogP contribution in [0.2, 0.25) is 0 Å². The van der Waals surface area contributed by atoms with Gasteiger partial charge in [-0.25, -0.2) is 4.79 Å². The van der Waals surface area contributed by atoms with E-state index in [1.165, 1.54) is 18.4 Å². The predicted octanol–water partition coefficient (Wildman–Crippen LogP) is 8.27. The maximum absolute atomic E-state index is 14.9. The summed E-state index contributed by atoms with van der Waals surface area (Å²) < 4.78 is 13.8. The highest BCUT2D eigenvalue weighted by molar-refractivity contribution is 6.18. The fourth-order valence-electron chi connectivity index (χ4n) is 12.7. The van der Waals surface area contributed by atoms with Gasteiger partial charge >= 0.3 is 5.97 Å². The molecule has 2 fully saturated rings. The number of hydrogen-bond acceptors (Lipinski definition) is 6. The maximum Gasteiger partial charge on any atom is 0.333 e. The lowest BCUT2D eigenvalue weighted by molar-refractivity contribution is -0.144. The minimum Gasteiger partial charge on any atom is -0.466 e. The van der Waals surface area contributed by atoms with Crippen LogP contribution in [0.4, 0.5) is 0 Å². The SMILES string of the molecule is C=C(C)[C@H]1C(=O)c2c3c(cc4c5c(n1c24)[C@@]1(C)C(CC[C@H]2[C@](C)(/C=C/C=C(\C)C(=O)OC)[C@@H](O)CC[C@@]21C)C5)C1=CC(C)(C)OC(C)(C)C1[C@@H]3O. The van der Waals surface area contributed by atoms with E-state index in [0.717, 1.165) is 58.9 Å². The molecule has 8 rings (SSSR count). The van der Waals surface area contributed by atoms with E-state index in [1.807, 2.05) is 13.0 Å². The Labute approximate surface area is 302 Å². The second kappa shape index (κ2) is 10.7. The molecule has 0 radical (unpaired) electrons. The standard InChI is InChI=1S/C44H55NO6/c1-22(2)34-37(48)32-31-25(28-21-40(4,5)51-41(6,7)33(28)36(31)47)20-26-27-19-24-14-15-29-42(8,17-12-13-23(3)39(49)50-11)30(46)16-18-43(29,9)44(24,10)38(27)45(34)35(26)32/h12-13,17,20-21,24,29-30,33-34,36,46-47H,1,14-16,18-19H2,2-11H3/b17-12+,23-13+/t24?,29-,30-,33?,34-,36+,42-,43-,44+/m0/s1. The molecule has 2 N–H and O–H groups in total. The number of ketones is 1. The van der Waals surface area contributed by atoms with Crippen LogP contribution in [0.5, 0.6) is 0 Å². The second-order valence-electron chi connectivity index (χ2n) is 18.5. The number of carbonyl (C=O) groups is 2. The van der Waals surface area contributed by atoms with Crippen molar-refractivity contribution in [3.8, 4) is 0 Å². The number of benzene rings is 1. The number of aliphatic hydroxyl groups excluding tert-OH is 2. The zero-order valence-corrected chi connectivity index (χ0v) is 32.1. The summed E-state index contributed by atoms with van der Waals surface area (Å²) in [5.74, 6) is -0.0497. The first-order valence-electron chi connectivity index (χ1n) is 18.9. The highest BCUT2D eigenvalue weighted by atomic mass is 16.5. The number of hydrogen-bond donors (Lipinski definition) is 2. The van der Waals surface area contributed by atoms with Gasteiger partial charge in [-0.1, -0.05) is 51.2 Å². The number of allylic oxidation sites excluding steroid dienone is 3. The van der Waals surface area contributed by atoms with Gasteiger partial charge in [-0.3, -0.25) is 4.79 Å². The van der Waals surface area contributed by atoms with Gasteiger partial charge in [-0.15, -0.1) is 0 Å². The number of carbonyl (C=O) groups excluding carboxylic acids is 2. The number of esters is 1. The van der Waals surface area contributed by atoms with Crippen molar-refractivity contribution in [3.05, 3.63) is 76.0 Å². The number of methoxy groups -OCH3 is 1. The van der Waals surface area contributed by atoms with Gasteiger partial charge < -0.3 is 24.3 Å². The number of fused-ring (bicyclic) bond motifs is 11. The Hall–Kier alpha value is -3.26. The van der Waals surface area contributed by atoms with Crippen molar-refractivity contribution < 1.29 is 29.3 Å². The van der Waals surface area contributed by atoms with Crippen LogP contribution in [0.3, 0.4) is 0 Å². The van der Waals surface area contributed by atoms with Crippen molar-refractivity contribution in [2.24, 2.45) is 28.6 Å². The molecule has 2 aliphatic heterocycles. The van der Waals surface area contributed by atoms with Crippen LogP contribution in [-0.4, -0.2) is 50.9 Å². The molecule has 2 unspecified atom stereocenters. The summed E-state index contributed by atoms with van der Waals surface area (Å²) in [6.07, 6.45) is 11.1. The largest absolute Gasteiger partial charge is 0.466 e. The summed E-state index contributed by atoms with van der Waals surface area (Å²) >= 11 is 0. The molecule has 4 aliphatic carbocycles. The molecule has 7 heteroatoms. The lowest BCUT2D eigenvalue weighted by Gasteiger charge is -2.64. The molecule has 272 valence electrons. The topological polar surface area (TPSA) is 98.0 Å². The summed E-state index contributed by atoms with van der Waals surface area (Å²) in [7, 11) is 1.39. The second-order valence-corrected chi connectivity index (χ2v) is 18.5. The Balaban J connectivity index is 1.34. The Kier molecular flexibility index (Phi) is 7.28. The molecule has 3 heterocycles. The van der Waals surface area contributed by atoms with Crippen LogP contribution in [-0.2, 0) is 26.1 Å². The van der Waals surface area contributed by atoms with E-state index in [4.69, 9.17) is 9.47 Å². The first-order valence-corrected chi connectivity index (χ1v) is 18.9. The first kappa shape index (κ1) is 34.8. The van der Waals surface area contributed by atoms with Crippen LogP contribution >= 0.6 is 0 Å². The van der Waals surface area contributed by atoms with Gasteiger partial charge in [-0.2, -0.15) is 0 Å². The molecule has 1 aromatic heterocycles. The Morgan fingerprint density at radius 1 is 1.08 bits per heavy atom. The van der Waals surface area contributed by atoms with Crippen LogP contribution in [0.1, 0.15) is 133 Å². The number of Topliss-reactive ketones (excluding diaryl/α,β-unsaturated/α-hetero) is 1. The Bertz CT molecular complexity index is 2040. The van der Waals surface area contributed by atoms with Crippen molar-refractivity contribution in [1.29, 1.82) is 0 Å². The fourth-order valence-corrected chi connectivity index (χ4v) is 12.7. The minimum atomic E-state index is -0.855. The average Bonchev–Trinajstić information content (AvgIpc) is 3.71. The zero-order chi connectivity index (χ0) is 37.0. The first-order chi connectivity index (χ1) is 23.7. The third-order valence-corrected chi connectivity index (χ3v) is 14.9. The molecule has 1 aromatic carbocycles. The molecule has 51 heavy (non-hydrogen) atoms. The van der Waals surface area contributed by atoms with Crippen LogP contribution in [0, 0.1) is 28.6 Å². The monoisotopic (exact) mass is 693 g/mol. The molecule has 0 saturated heterocycles. The molecule has 0 spiro atoms. The number of aliphatic hydroxyl groups is 2. The molecule has 6 aliphatic rings. The van der Waals surface area contributed by atoms with Crippen LogP contribution < -0.4 is 0 Å². The molecular weight excluding hydrogens is 638 g/mol. The van der Waals surface area contributed by atoms with Gasteiger partial charge in [0.05, 0.1) is 41.6 Å². The predicted molar refractivity (Wildman–Crippen MR) is 199 cm³/mol. The molecule has 0 bridgehead atoms. The van der Waals surface area contributed by atoms with Gasteiger partial charge in [-0.05, 0) is 120 Å². The normalized spacial score (nSPS) is 38.6. The van der Waals surface area contributed by atoms with Gasteiger partial charge in [0.2, 0.25) is 0 Å². The molecule has 2 aromatic rings. The van der Waals surface area contributed by atoms with Crippen LogP contribution in [0.15, 0.2) is 48.1 Å². The molecule has 2 saturated carbocycles. The van der Waals surface area contributed by atoms with E-state index in [0.29, 0.717) is 23.5 Å². The summed E-state index contributed by atoms with van der Waals surface area (Å²) in [5.41, 5.74) is 6.25. The zero-order valence-electron chi connectivity index (χ0n) is 32.1. The number of ether oxygens (including phenoxy) is 2. The van der Waals surface area contributed by atoms with E-state index >= 15 is 0 Å². The van der Waals surface area contributed by atoms with E-state index in [1.54, 1.807) is 13.0 Å². The quantitative estimate of drug-likeness (QED) is 0.145. The molecule has 7 nitrogen and oxygen atoms in total. The third kappa shape index (κ3) is 4.23. The van der Waals surface area contributed by atoms with Crippen LogP contribution in [0.25, 0.3) is 16.5 Å². The van der Waals surface area contributed by atoms with Crippen molar-refractivity contribution in [2.45, 2.75) is 129 Å². The van der Waals surface area contributed by atoms with Gasteiger partial charge in [0.15, 0.2) is 5.78 Å². The fraction of sp³-hybridized carbons (Fsp3) is 0.591. The summed E-state index contributed by atoms with van der Waals surface area (Å²) in [6, 6.07) is 1.77. The van der Waals surface area contributed by atoms with Gasteiger partial charge in [0.1, 0.15) is 6.04 Å². The van der Waals surface area contributed by atoms with Crippen molar-refractivity contribution in [3.63, 3.8) is 0 Å². The Morgan fingerprint density at radius 2 is 1.78 bits per heavy atom. The highest BCUT2D eigenvalue weighted by Crippen LogP contribution is 2.71. The van der Waals surface area contributed by atoms with E-state index in [9.17, 15) is 19.8 Å². The smallest absolute Gasteiger partial charge is 0.333 e. The van der Waals surface area contributed by atoms with Crippen molar-refractivity contribution in [2.75, 3.05) is 7.11 Å². The average molecular weight is 694 g/mol. The van der Waals surface area contributed by atoms with E-state index in [2.05, 4.69) is 77.8 Å². The third-order valence-electron chi connectivity index (χ3n) is 14.9. The van der Waals surface area contributed by atoms with E-state index < -0.39 is 34.9 Å². The summed E-state index contributed by atoms with van der Waals surface area (Å²) in [5, 5.41) is 25.0. The summed E-state index contributed by atoms with van der Waals surface area (Å²) in [4.78, 5) is 27.0. The summed E-state index contributed by atoms with van der Waals surface area (Å²) in [6.45, 7) is 23.4. The number of aromatic nitrogens is 1. The van der Waals surface area contributed by atoms with Gasteiger partial charge in [0, 0.05) is 39.0 Å². The Morgan fingerprint density at radius 3 is 2.45 bits per heavy atom. The lowest BCUT2D eigenvalue weighted by atomic mass is 9.40. The van der Waals surface area contributed by atoms with Crippen molar-refractivity contribution >= 4 is 28.2 Å². The molecular formula is C44H55NO6. The van der Waals surface area contributed by atoms with Crippen molar-refractivity contribution in [1.82, 2.24) is 4.57 Å². The lowest BCUT2D eigenvalue weighted by Crippen LogP contribution is -2.62. The minimum absolute atomic E-state index is 0.0302. The van der Waals surface area contributed by atoms with Gasteiger partial charge in [0.25, 0.3) is 0 Å². The number of rotatable bonds is 4. The maximum atomic E-state index is 14.9. The highest BCUT2D eigenvalue weighted by Gasteiger charge is 2.67. The molecule has 9 atom stereocenters. The number of nitrogens with zero attached hydrogens (tertiary/aromatic N) is 1. The molecule has 0 amide bonds.